The Kier molecular flexibility index (Phi) is 6.07. The van der Waals surface area contributed by atoms with Crippen LogP contribution in [0, 0.1) is 12.8 Å². The van der Waals surface area contributed by atoms with Gasteiger partial charge in [-0.1, -0.05) is 32.9 Å². The lowest BCUT2D eigenvalue weighted by Crippen LogP contribution is -2.39. The molecule has 0 aliphatic heterocycles. The largest absolute Gasteiger partial charge is 0.493 e. The van der Waals surface area contributed by atoms with Crippen molar-refractivity contribution in [2.24, 2.45) is 5.92 Å². The number of hydrogen-bond acceptors (Lipinski definition) is 2. The highest BCUT2D eigenvalue weighted by molar-refractivity contribution is 5.37. The summed E-state index contributed by atoms with van der Waals surface area (Å²) in [5, 5.41) is 3.52. The highest BCUT2D eigenvalue weighted by Crippen LogP contribution is 2.24. The lowest BCUT2D eigenvalue weighted by molar-refractivity contribution is 0.243. The van der Waals surface area contributed by atoms with E-state index < -0.39 is 0 Å². The average molecular weight is 277 g/mol. The zero-order valence-electron chi connectivity index (χ0n) is 14.2. The van der Waals surface area contributed by atoms with Crippen molar-refractivity contribution in [3.63, 3.8) is 0 Å². The molecule has 20 heavy (non-hydrogen) atoms. The maximum atomic E-state index is 6.01. The molecule has 0 aliphatic carbocycles. The molecule has 1 aromatic carbocycles. The zero-order chi connectivity index (χ0) is 15.3. The van der Waals surface area contributed by atoms with Crippen LogP contribution in [0.5, 0.6) is 5.75 Å². The summed E-state index contributed by atoms with van der Waals surface area (Å²) in [6.07, 6.45) is 0. The number of aryl methyl sites for hydroxylation is 1. The molecule has 1 unspecified atom stereocenters. The minimum atomic E-state index is 0.168. The molecule has 0 saturated heterocycles. The summed E-state index contributed by atoms with van der Waals surface area (Å²) in [4.78, 5) is 0. The SMILES string of the molecule is Cc1ccc(C(C)C)cc1OCC(C)CNC(C)(C)C. The van der Waals surface area contributed by atoms with E-state index in [1.807, 2.05) is 0 Å². The molecule has 0 fully saturated rings. The smallest absolute Gasteiger partial charge is 0.122 e. The Morgan fingerprint density at radius 2 is 1.80 bits per heavy atom. The number of benzene rings is 1. The summed E-state index contributed by atoms with van der Waals surface area (Å²) in [6.45, 7) is 17.1. The summed E-state index contributed by atoms with van der Waals surface area (Å²) in [5.74, 6) is 2.06. The van der Waals surface area contributed by atoms with Crippen LogP contribution < -0.4 is 10.1 Å². The van der Waals surface area contributed by atoms with Crippen LogP contribution in [0.4, 0.5) is 0 Å². The highest BCUT2D eigenvalue weighted by atomic mass is 16.5. The fourth-order valence-electron chi connectivity index (χ4n) is 1.90. The van der Waals surface area contributed by atoms with Gasteiger partial charge in [0.1, 0.15) is 5.75 Å². The highest BCUT2D eigenvalue weighted by Gasteiger charge is 2.12. The van der Waals surface area contributed by atoms with Crippen molar-refractivity contribution in [2.45, 2.75) is 59.9 Å². The van der Waals surface area contributed by atoms with Gasteiger partial charge in [0.15, 0.2) is 0 Å². The lowest BCUT2D eigenvalue weighted by atomic mass is 10.0. The second-order valence-corrected chi connectivity index (χ2v) is 7.23. The van der Waals surface area contributed by atoms with E-state index in [2.05, 4.69) is 72.0 Å². The van der Waals surface area contributed by atoms with E-state index in [4.69, 9.17) is 4.74 Å². The predicted octanol–water partition coefficient (Wildman–Crippen LogP) is 4.52. The van der Waals surface area contributed by atoms with Crippen molar-refractivity contribution in [2.75, 3.05) is 13.2 Å². The number of rotatable bonds is 6. The molecule has 114 valence electrons. The second-order valence-electron chi connectivity index (χ2n) is 7.23. The van der Waals surface area contributed by atoms with Gasteiger partial charge in [-0.15, -0.1) is 0 Å². The molecule has 0 saturated carbocycles. The van der Waals surface area contributed by atoms with Crippen LogP contribution in [0.25, 0.3) is 0 Å². The molecule has 0 aromatic heterocycles. The Hall–Kier alpha value is -1.02. The van der Waals surface area contributed by atoms with E-state index >= 15 is 0 Å². The van der Waals surface area contributed by atoms with Gasteiger partial charge in [-0.05, 0) is 50.8 Å². The standard InChI is InChI=1S/C18H31NO/c1-13(2)16-9-8-15(4)17(10-16)20-12-14(3)11-19-18(5,6)7/h8-10,13-14,19H,11-12H2,1-7H3. The summed E-state index contributed by atoms with van der Waals surface area (Å²) in [7, 11) is 0. The van der Waals surface area contributed by atoms with Gasteiger partial charge < -0.3 is 10.1 Å². The van der Waals surface area contributed by atoms with Crippen molar-refractivity contribution in [1.29, 1.82) is 0 Å². The minimum Gasteiger partial charge on any atom is -0.493 e. The maximum absolute atomic E-state index is 6.01. The molecular formula is C18H31NO. The first-order chi connectivity index (χ1) is 9.19. The van der Waals surface area contributed by atoms with Crippen molar-refractivity contribution >= 4 is 0 Å². The van der Waals surface area contributed by atoms with E-state index in [1.54, 1.807) is 0 Å². The quantitative estimate of drug-likeness (QED) is 0.825. The topological polar surface area (TPSA) is 21.3 Å². The molecule has 0 bridgehead atoms. The molecule has 2 heteroatoms. The Bertz CT molecular complexity index is 418. The van der Waals surface area contributed by atoms with Crippen LogP contribution in [0.2, 0.25) is 0 Å². The van der Waals surface area contributed by atoms with Crippen molar-refractivity contribution in [3.8, 4) is 5.75 Å². The van der Waals surface area contributed by atoms with Crippen LogP contribution in [-0.2, 0) is 0 Å². The summed E-state index contributed by atoms with van der Waals surface area (Å²) in [6, 6.07) is 6.53. The first kappa shape index (κ1) is 17.0. The number of nitrogens with one attached hydrogen (secondary N) is 1. The maximum Gasteiger partial charge on any atom is 0.122 e. The van der Waals surface area contributed by atoms with E-state index in [1.165, 1.54) is 11.1 Å². The van der Waals surface area contributed by atoms with Gasteiger partial charge in [0.05, 0.1) is 6.61 Å². The van der Waals surface area contributed by atoms with Crippen molar-refractivity contribution < 1.29 is 4.74 Å². The molecule has 0 radical (unpaired) electrons. The minimum absolute atomic E-state index is 0.168. The molecule has 1 atom stereocenters. The Balaban J connectivity index is 2.54. The Morgan fingerprint density at radius 1 is 1.15 bits per heavy atom. The third kappa shape index (κ3) is 5.96. The summed E-state index contributed by atoms with van der Waals surface area (Å²) < 4.78 is 6.01. The average Bonchev–Trinajstić information content (AvgIpc) is 2.34. The van der Waals surface area contributed by atoms with Crippen LogP contribution in [0.15, 0.2) is 18.2 Å². The monoisotopic (exact) mass is 277 g/mol. The van der Waals surface area contributed by atoms with Gasteiger partial charge >= 0.3 is 0 Å². The third-order valence-corrected chi connectivity index (χ3v) is 3.38. The van der Waals surface area contributed by atoms with Gasteiger partial charge in [0.25, 0.3) is 0 Å². The number of hydrogen-bond donors (Lipinski definition) is 1. The molecule has 1 N–H and O–H groups in total. The molecule has 0 amide bonds. The van der Waals surface area contributed by atoms with Gasteiger partial charge in [-0.25, -0.2) is 0 Å². The van der Waals surface area contributed by atoms with E-state index in [-0.39, 0.29) is 5.54 Å². The lowest BCUT2D eigenvalue weighted by Gasteiger charge is -2.23. The first-order valence-corrected chi connectivity index (χ1v) is 7.67. The second kappa shape index (κ2) is 7.12. The zero-order valence-corrected chi connectivity index (χ0v) is 14.2. The van der Waals surface area contributed by atoms with Gasteiger partial charge in [0, 0.05) is 18.0 Å². The van der Waals surface area contributed by atoms with Gasteiger partial charge in [0.2, 0.25) is 0 Å². The van der Waals surface area contributed by atoms with Crippen molar-refractivity contribution in [1.82, 2.24) is 5.32 Å². The summed E-state index contributed by atoms with van der Waals surface area (Å²) >= 11 is 0. The van der Waals surface area contributed by atoms with Crippen molar-refractivity contribution in [3.05, 3.63) is 29.3 Å². The Morgan fingerprint density at radius 3 is 2.35 bits per heavy atom. The normalized spacial score (nSPS) is 13.6. The molecular weight excluding hydrogens is 246 g/mol. The van der Waals surface area contributed by atoms with Gasteiger partial charge in [-0.3, -0.25) is 0 Å². The van der Waals surface area contributed by atoms with Crippen LogP contribution >= 0.6 is 0 Å². The molecule has 0 spiro atoms. The fraction of sp³-hybridized carbons (Fsp3) is 0.667. The molecule has 2 nitrogen and oxygen atoms in total. The van der Waals surface area contributed by atoms with Crippen LogP contribution in [0.1, 0.15) is 58.6 Å². The van der Waals surface area contributed by atoms with Gasteiger partial charge in [-0.2, -0.15) is 0 Å². The van der Waals surface area contributed by atoms with Crippen LogP contribution in [0.3, 0.4) is 0 Å². The molecule has 1 aromatic rings. The first-order valence-electron chi connectivity index (χ1n) is 7.67. The predicted molar refractivity (Wildman–Crippen MR) is 87.7 cm³/mol. The molecule has 1 rings (SSSR count). The fourth-order valence-corrected chi connectivity index (χ4v) is 1.90. The summed E-state index contributed by atoms with van der Waals surface area (Å²) in [5.41, 5.74) is 2.72. The Labute approximate surface area is 124 Å². The number of ether oxygens (including phenoxy) is 1. The van der Waals surface area contributed by atoms with E-state index in [0.29, 0.717) is 11.8 Å². The van der Waals surface area contributed by atoms with Crippen LogP contribution in [-0.4, -0.2) is 18.7 Å². The molecule has 0 heterocycles. The third-order valence-electron chi connectivity index (χ3n) is 3.38. The van der Waals surface area contributed by atoms with E-state index in [0.717, 1.165) is 18.9 Å². The molecule has 0 aliphatic rings. The van der Waals surface area contributed by atoms with E-state index in [9.17, 15) is 0 Å².